The first kappa shape index (κ1) is 12.4. The number of carbonyl (C=O) groups is 1. The summed E-state index contributed by atoms with van der Waals surface area (Å²) >= 11 is 0. The molecule has 0 saturated heterocycles. The maximum atomic E-state index is 10.9. The first-order chi connectivity index (χ1) is 6.31. The number of Topliss-reactive ketones (excluding diaryl/α,β-unsaturated/α-hetero) is 1. The summed E-state index contributed by atoms with van der Waals surface area (Å²) in [7, 11) is 0. The molecule has 0 saturated carbocycles. The molecule has 0 aromatic heterocycles. The van der Waals surface area contributed by atoms with Gasteiger partial charge >= 0.3 is 0 Å². The van der Waals surface area contributed by atoms with Crippen LogP contribution in [0.3, 0.4) is 0 Å². The molecule has 0 radical (unpaired) electrons. The minimum atomic E-state index is 0.400. The van der Waals surface area contributed by atoms with Gasteiger partial charge in [-0.15, -0.1) is 0 Å². The van der Waals surface area contributed by atoms with Gasteiger partial charge in [0.05, 0.1) is 0 Å². The number of unbranched alkanes of at least 4 members (excludes halogenated alkanes) is 3. The van der Waals surface area contributed by atoms with Crippen LogP contribution in [-0.4, -0.2) is 5.78 Å². The molecule has 0 rings (SSSR count). The summed E-state index contributed by atoms with van der Waals surface area (Å²) < 4.78 is 0. The molecule has 0 fully saturated rings. The van der Waals surface area contributed by atoms with Gasteiger partial charge in [0.1, 0.15) is 5.78 Å². The van der Waals surface area contributed by atoms with Gasteiger partial charge in [-0.25, -0.2) is 0 Å². The minimum absolute atomic E-state index is 0.400. The van der Waals surface area contributed by atoms with Crippen LogP contribution in [0.2, 0.25) is 0 Å². The van der Waals surface area contributed by atoms with Gasteiger partial charge in [-0.1, -0.05) is 32.4 Å². The number of hydrogen-bond donors (Lipinski definition) is 0. The largest absolute Gasteiger partial charge is 0.300 e. The van der Waals surface area contributed by atoms with Gasteiger partial charge in [0.15, 0.2) is 0 Å². The third-order valence-corrected chi connectivity index (χ3v) is 2.09. The smallest absolute Gasteiger partial charge is 0.132 e. The number of rotatable bonds is 8. The van der Waals surface area contributed by atoms with E-state index in [9.17, 15) is 4.79 Å². The second kappa shape index (κ2) is 9.50. The van der Waals surface area contributed by atoms with Gasteiger partial charge in [0, 0.05) is 12.8 Å². The summed E-state index contributed by atoms with van der Waals surface area (Å²) in [4.78, 5) is 10.9. The van der Waals surface area contributed by atoms with E-state index in [4.69, 9.17) is 0 Å². The molecule has 13 heavy (non-hydrogen) atoms. The molecule has 76 valence electrons. The van der Waals surface area contributed by atoms with Gasteiger partial charge in [0.2, 0.25) is 0 Å². The van der Waals surface area contributed by atoms with Crippen LogP contribution in [0.15, 0.2) is 12.2 Å². The van der Waals surface area contributed by atoms with Crippen molar-refractivity contribution in [3.8, 4) is 0 Å². The molecule has 0 atom stereocenters. The fourth-order valence-electron chi connectivity index (χ4n) is 1.16. The SMILES string of the molecule is CCCC=CCCCCC(=O)CC. The van der Waals surface area contributed by atoms with Crippen LogP contribution in [0.5, 0.6) is 0 Å². The number of ketones is 1. The van der Waals surface area contributed by atoms with Crippen LogP contribution >= 0.6 is 0 Å². The summed E-state index contributed by atoms with van der Waals surface area (Å²) in [6, 6.07) is 0. The summed E-state index contributed by atoms with van der Waals surface area (Å²) in [5.74, 6) is 0.400. The Kier molecular flexibility index (Phi) is 9.07. The molecule has 0 aliphatic heterocycles. The number of hydrogen-bond acceptors (Lipinski definition) is 1. The molecule has 0 aromatic rings. The molecule has 0 bridgehead atoms. The van der Waals surface area contributed by atoms with Crippen molar-refractivity contribution in [3.63, 3.8) is 0 Å². The van der Waals surface area contributed by atoms with Crippen LogP contribution in [0.25, 0.3) is 0 Å². The van der Waals surface area contributed by atoms with Crippen molar-refractivity contribution in [2.24, 2.45) is 0 Å². The molecule has 0 aliphatic carbocycles. The van der Waals surface area contributed by atoms with Crippen molar-refractivity contribution in [2.75, 3.05) is 0 Å². The highest BCUT2D eigenvalue weighted by Gasteiger charge is 1.95. The van der Waals surface area contributed by atoms with Gasteiger partial charge in [0.25, 0.3) is 0 Å². The predicted molar refractivity (Wildman–Crippen MR) is 57.8 cm³/mol. The number of carbonyl (C=O) groups excluding carboxylic acids is 1. The Morgan fingerprint density at radius 1 is 1.08 bits per heavy atom. The zero-order valence-corrected chi connectivity index (χ0v) is 9.01. The van der Waals surface area contributed by atoms with Crippen molar-refractivity contribution in [2.45, 2.75) is 58.8 Å². The van der Waals surface area contributed by atoms with Crippen molar-refractivity contribution >= 4 is 5.78 Å². The maximum absolute atomic E-state index is 10.9. The van der Waals surface area contributed by atoms with E-state index in [1.54, 1.807) is 0 Å². The van der Waals surface area contributed by atoms with E-state index in [1.165, 1.54) is 12.8 Å². The normalized spacial score (nSPS) is 10.9. The second-order valence-electron chi connectivity index (χ2n) is 3.40. The van der Waals surface area contributed by atoms with E-state index in [0.29, 0.717) is 12.2 Å². The van der Waals surface area contributed by atoms with E-state index >= 15 is 0 Å². The average molecular weight is 182 g/mol. The highest BCUT2D eigenvalue weighted by atomic mass is 16.1. The van der Waals surface area contributed by atoms with Gasteiger partial charge in [-0.2, -0.15) is 0 Å². The molecule has 0 aliphatic rings. The maximum Gasteiger partial charge on any atom is 0.132 e. The van der Waals surface area contributed by atoms with E-state index in [0.717, 1.165) is 25.7 Å². The minimum Gasteiger partial charge on any atom is -0.300 e. The van der Waals surface area contributed by atoms with E-state index < -0.39 is 0 Å². The quantitative estimate of drug-likeness (QED) is 0.411. The topological polar surface area (TPSA) is 17.1 Å². The monoisotopic (exact) mass is 182 g/mol. The van der Waals surface area contributed by atoms with Crippen molar-refractivity contribution in [1.29, 1.82) is 0 Å². The third-order valence-electron chi connectivity index (χ3n) is 2.09. The van der Waals surface area contributed by atoms with E-state index in [1.807, 2.05) is 6.92 Å². The van der Waals surface area contributed by atoms with Crippen molar-refractivity contribution < 1.29 is 4.79 Å². The van der Waals surface area contributed by atoms with Crippen LogP contribution in [0.4, 0.5) is 0 Å². The van der Waals surface area contributed by atoms with Gasteiger partial charge in [-0.3, -0.25) is 4.79 Å². The Bertz CT molecular complexity index is 147. The van der Waals surface area contributed by atoms with Crippen LogP contribution in [0.1, 0.15) is 58.8 Å². The lowest BCUT2D eigenvalue weighted by molar-refractivity contribution is -0.118. The first-order valence-electron chi connectivity index (χ1n) is 5.48. The standard InChI is InChI=1S/C12H22O/c1-3-5-6-7-8-9-10-11-12(13)4-2/h6-7H,3-5,8-11H2,1-2H3. The van der Waals surface area contributed by atoms with Crippen molar-refractivity contribution in [1.82, 2.24) is 0 Å². The lowest BCUT2D eigenvalue weighted by atomic mass is 10.1. The molecular formula is C12H22O. The molecule has 1 heteroatoms. The highest BCUT2D eigenvalue weighted by molar-refractivity contribution is 5.77. The van der Waals surface area contributed by atoms with Gasteiger partial charge in [-0.05, 0) is 25.7 Å². The van der Waals surface area contributed by atoms with Gasteiger partial charge < -0.3 is 0 Å². The lowest BCUT2D eigenvalue weighted by Gasteiger charge is -1.95. The number of allylic oxidation sites excluding steroid dienone is 2. The Morgan fingerprint density at radius 2 is 1.77 bits per heavy atom. The molecule has 0 aromatic carbocycles. The molecular weight excluding hydrogens is 160 g/mol. The zero-order chi connectivity index (χ0) is 9.94. The molecule has 0 spiro atoms. The molecule has 0 N–H and O–H groups in total. The summed E-state index contributed by atoms with van der Waals surface area (Å²) in [6.45, 7) is 4.12. The highest BCUT2D eigenvalue weighted by Crippen LogP contribution is 2.03. The Labute approximate surface area is 82.2 Å². The molecule has 0 unspecified atom stereocenters. The zero-order valence-electron chi connectivity index (χ0n) is 9.01. The summed E-state index contributed by atoms with van der Waals surface area (Å²) in [5, 5.41) is 0. The van der Waals surface area contributed by atoms with Crippen LogP contribution < -0.4 is 0 Å². The molecule has 1 nitrogen and oxygen atoms in total. The van der Waals surface area contributed by atoms with Crippen LogP contribution in [-0.2, 0) is 4.79 Å². The van der Waals surface area contributed by atoms with Crippen LogP contribution in [0, 0.1) is 0 Å². The average Bonchev–Trinajstić information content (AvgIpc) is 2.16. The predicted octanol–water partition coefficient (Wildman–Crippen LogP) is 3.88. The fraction of sp³-hybridized carbons (Fsp3) is 0.750. The molecule has 0 amide bonds. The van der Waals surface area contributed by atoms with E-state index in [-0.39, 0.29) is 0 Å². The molecule has 0 heterocycles. The Morgan fingerprint density at radius 3 is 2.38 bits per heavy atom. The first-order valence-corrected chi connectivity index (χ1v) is 5.48. The van der Waals surface area contributed by atoms with Crippen molar-refractivity contribution in [3.05, 3.63) is 12.2 Å². The summed E-state index contributed by atoms with van der Waals surface area (Å²) in [5.41, 5.74) is 0. The Hall–Kier alpha value is -0.590. The van der Waals surface area contributed by atoms with E-state index in [2.05, 4.69) is 19.1 Å². The second-order valence-corrected chi connectivity index (χ2v) is 3.40. The summed E-state index contributed by atoms with van der Waals surface area (Å²) in [6.07, 6.45) is 11.7. The Balaban J connectivity index is 3.12. The third kappa shape index (κ3) is 9.32. The lowest BCUT2D eigenvalue weighted by Crippen LogP contribution is -1.93. The fourth-order valence-corrected chi connectivity index (χ4v) is 1.16.